The van der Waals surface area contributed by atoms with Gasteiger partial charge in [-0.3, -0.25) is 19.2 Å². The molecule has 2 heterocycles. The van der Waals surface area contributed by atoms with Crippen molar-refractivity contribution in [1.29, 1.82) is 0 Å². The average Bonchev–Trinajstić information content (AvgIpc) is 3.48. The Morgan fingerprint density at radius 1 is 0.370 bits per heavy atom. The Bertz CT molecular complexity index is 1890. The highest BCUT2D eigenvalue weighted by molar-refractivity contribution is 6.35. The van der Waals surface area contributed by atoms with Gasteiger partial charge in [-0.2, -0.15) is 0 Å². The van der Waals surface area contributed by atoms with E-state index in [9.17, 15) is 19.2 Å². The maximum absolute atomic E-state index is 13.2. The second kappa shape index (κ2) is 11.3. The number of amides is 4. The molecule has 0 bridgehead atoms. The van der Waals surface area contributed by atoms with Crippen molar-refractivity contribution in [3.05, 3.63) is 131 Å². The summed E-state index contributed by atoms with van der Waals surface area (Å²) in [6, 6.07) is 29.6. The van der Waals surface area contributed by atoms with Crippen LogP contribution in [-0.4, -0.2) is 37.8 Å². The minimum absolute atomic E-state index is 0.244. The zero-order valence-corrected chi connectivity index (χ0v) is 24.6. The standard InChI is InChI=1S/C36H24N2O8/c1-43-23-7-3-21(4-8-23)37-33(39)29-17-15-27(19-31(29)35(37)41)45-25-11-13-26(14-12-25)46-28-16-18-30-32(20-28)36(42)38(34(30)40)22-5-9-24(44-2)10-6-22/h3-20H,1-2H3. The number of benzene rings is 5. The Balaban J connectivity index is 1.03. The largest absolute Gasteiger partial charge is 0.497 e. The molecule has 0 fully saturated rings. The van der Waals surface area contributed by atoms with Crippen molar-refractivity contribution >= 4 is 35.0 Å². The van der Waals surface area contributed by atoms with Crippen molar-refractivity contribution in [3.8, 4) is 34.5 Å². The van der Waals surface area contributed by atoms with Gasteiger partial charge in [-0.1, -0.05) is 0 Å². The fraction of sp³-hybridized carbons (Fsp3) is 0.0556. The van der Waals surface area contributed by atoms with Crippen LogP contribution in [0.4, 0.5) is 11.4 Å². The van der Waals surface area contributed by atoms with Gasteiger partial charge in [0, 0.05) is 0 Å². The predicted molar refractivity (Wildman–Crippen MR) is 168 cm³/mol. The van der Waals surface area contributed by atoms with E-state index < -0.39 is 23.6 Å². The zero-order valence-electron chi connectivity index (χ0n) is 24.6. The molecule has 0 saturated heterocycles. The molecule has 0 aromatic heterocycles. The van der Waals surface area contributed by atoms with E-state index in [-0.39, 0.29) is 11.1 Å². The molecule has 7 rings (SSSR count). The Morgan fingerprint density at radius 2 is 0.674 bits per heavy atom. The van der Waals surface area contributed by atoms with Gasteiger partial charge in [0.15, 0.2) is 0 Å². The van der Waals surface area contributed by atoms with E-state index in [0.29, 0.717) is 57.0 Å². The molecule has 10 nitrogen and oxygen atoms in total. The monoisotopic (exact) mass is 612 g/mol. The van der Waals surface area contributed by atoms with Crippen LogP contribution in [0.1, 0.15) is 41.4 Å². The van der Waals surface area contributed by atoms with E-state index in [1.54, 1.807) is 123 Å². The molecule has 46 heavy (non-hydrogen) atoms. The zero-order chi connectivity index (χ0) is 31.9. The van der Waals surface area contributed by atoms with Crippen LogP contribution in [0, 0.1) is 0 Å². The SMILES string of the molecule is COc1ccc(N2C(=O)c3ccc(Oc4ccc(Oc5ccc6c(c5)C(=O)N(c5ccc(OC)cc5)C6=O)cc4)cc3C2=O)cc1. The third kappa shape index (κ3) is 4.87. The Morgan fingerprint density at radius 3 is 1.02 bits per heavy atom. The molecule has 4 amide bonds. The number of carbonyl (C=O) groups excluding carboxylic acids is 4. The molecular weight excluding hydrogens is 588 g/mol. The number of nitrogens with zero attached hydrogens (tertiary/aromatic N) is 2. The van der Waals surface area contributed by atoms with E-state index >= 15 is 0 Å². The van der Waals surface area contributed by atoms with Crippen molar-refractivity contribution in [2.45, 2.75) is 0 Å². The minimum atomic E-state index is -0.444. The summed E-state index contributed by atoms with van der Waals surface area (Å²) in [4.78, 5) is 54.6. The van der Waals surface area contributed by atoms with Gasteiger partial charge >= 0.3 is 0 Å². The van der Waals surface area contributed by atoms with E-state index in [1.165, 1.54) is 0 Å². The van der Waals surface area contributed by atoms with Crippen LogP contribution in [0.2, 0.25) is 0 Å². The molecule has 0 aliphatic carbocycles. The maximum atomic E-state index is 13.2. The molecule has 226 valence electrons. The summed E-state index contributed by atoms with van der Waals surface area (Å²) in [5, 5.41) is 0. The molecule has 0 saturated carbocycles. The van der Waals surface area contributed by atoms with Gasteiger partial charge in [0.25, 0.3) is 23.6 Å². The fourth-order valence-corrected chi connectivity index (χ4v) is 5.35. The molecule has 2 aliphatic rings. The smallest absolute Gasteiger partial charge is 0.266 e. The molecule has 0 unspecified atom stereocenters. The second-order valence-electron chi connectivity index (χ2n) is 10.4. The number of methoxy groups -OCH3 is 2. The molecule has 0 atom stereocenters. The number of rotatable bonds is 8. The highest BCUT2D eigenvalue weighted by atomic mass is 16.5. The van der Waals surface area contributed by atoms with E-state index in [2.05, 4.69) is 0 Å². The van der Waals surface area contributed by atoms with Gasteiger partial charge in [0.2, 0.25) is 0 Å². The van der Waals surface area contributed by atoms with Crippen LogP contribution in [-0.2, 0) is 0 Å². The van der Waals surface area contributed by atoms with E-state index in [4.69, 9.17) is 18.9 Å². The fourth-order valence-electron chi connectivity index (χ4n) is 5.35. The van der Waals surface area contributed by atoms with Gasteiger partial charge in [-0.15, -0.1) is 0 Å². The van der Waals surface area contributed by atoms with Crippen molar-refractivity contribution < 1.29 is 38.1 Å². The van der Waals surface area contributed by atoms with Crippen molar-refractivity contribution in [2.24, 2.45) is 0 Å². The van der Waals surface area contributed by atoms with Crippen LogP contribution in [0.25, 0.3) is 0 Å². The topological polar surface area (TPSA) is 112 Å². The lowest BCUT2D eigenvalue weighted by atomic mass is 10.1. The van der Waals surface area contributed by atoms with Crippen LogP contribution in [0.15, 0.2) is 109 Å². The first-order valence-electron chi connectivity index (χ1n) is 14.1. The first kappa shape index (κ1) is 28.4. The summed E-state index contributed by atoms with van der Waals surface area (Å²) in [6.45, 7) is 0. The highest BCUT2D eigenvalue weighted by Crippen LogP contribution is 2.35. The van der Waals surface area contributed by atoms with E-state index in [1.807, 2.05) is 0 Å². The van der Waals surface area contributed by atoms with Gasteiger partial charge in [-0.25, -0.2) is 9.80 Å². The predicted octanol–water partition coefficient (Wildman–Crippen LogP) is 6.89. The van der Waals surface area contributed by atoms with E-state index in [0.717, 1.165) is 9.80 Å². The van der Waals surface area contributed by atoms with Crippen LogP contribution >= 0.6 is 0 Å². The van der Waals surface area contributed by atoms with Crippen LogP contribution < -0.4 is 28.7 Å². The summed E-state index contributed by atoms with van der Waals surface area (Å²) in [5.74, 6) is 1.23. The highest BCUT2D eigenvalue weighted by Gasteiger charge is 2.38. The Labute approximate surface area is 262 Å². The van der Waals surface area contributed by atoms with Gasteiger partial charge in [0.1, 0.15) is 34.5 Å². The molecule has 10 heteroatoms. The molecule has 5 aromatic rings. The van der Waals surface area contributed by atoms with Gasteiger partial charge in [-0.05, 0) is 109 Å². The Kier molecular flexibility index (Phi) is 6.94. The van der Waals surface area contributed by atoms with Crippen molar-refractivity contribution in [2.75, 3.05) is 24.0 Å². The van der Waals surface area contributed by atoms with Gasteiger partial charge in [0.05, 0.1) is 47.8 Å². The lowest BCUT2D eigenvalue weighted by Gasteiger charge is -2.14. The van der Waals surface area contributed by atoms with Crippen molar-refractivity contribution in [1.82, 2.24) is 0 Å². The number of carbonyl (C=O) groups is 4. The molecule has 0 N–H and O–H groups in total. The lowest BCUT2D eigenvalue weighted by molar-refractivity contribution is 0.0910. The number of ether oxygens (including phenoxy) is 4. The van der Waals surface area contributed by atoms with Crippen molar-refractivity contribution in [3.63, 3.8) is 0 Å². The molecule has 0 spiro atoms. The molecule has 0 radical (unpaired) electrons. The number of imide groups is 2. The summed E-state index contributed by atoms with van der Waals surface area (Å²) in [6.07, 6.45) is 0. The second-order valence-corrected chi connectivity index (χ2v) is 10.4. The number of fused-ring (bicyclic) bond motifs is 2. The normalized spacial score (nSPS) is 13.5. The molecule has 2 aliphatic heterocycles. The number of hydrogen-bond donors (Lipinski definition) is 0. The Hall–Kier alpha value is -6.42. The van der Waals surface area contributed by atoms with Crippen LogP contribution in [0.5, 0.6) is 34.5 Å². The lowest BCUT2D eigenvalue weighted by Crippen LogP contribution is -2.29. The first-order chi connectivity index (χ1) is 22.3. The first-order valence-corrected chi connectivity index (χ1v) is 14.1. The average molecular weight is 613 g/mol. The third-order valence-electron chi connectivity index (χ3n) is 7.67. The summed E-state index contributed by atoms with van der Waals surface area (Å²) in [5.41, 5.74) is 1.96. The summed E-state index contributed by atoms with van der Waals surface area (Å²) in [7, 11) is 3.08. The number of anilines is 2. The van der Waals surface area contributed by atoms with Gasteiger partial charge < -0.3 is 18.9 Å². The molecule has 5 aromatic carbocycles. The third-order valence-corrected chi connectivity index (χ3v) is 7.67. The molecular formula is C36H24N2O8. The minimum Gasteiger partial charge on any atom is -0.497 e. The van der Waals surface area contributed by atoms with Crippen LogP contribution in [0.3, 0.4) is 0 Å². The maximum Gasteiger partial charge on any atom is 0.266 e. The summed E-state index contributed by atoms with van der Waals surface area (Å²) < 4.78 is 22.3. The summed E-state index contributed by atoms with van der Waals surface area (Å²) >= 11 is 0. The quantitative estimate of drug-likeness (QED) is 0.174. The number of hydrogen-bond acceptors (Lipinski definition) is 8.